The highest BCUT2D eigenvalue weighted by atomic mass is 28.4. The fourth-order valence-electron chi connectivity index (χ4n) is 7.84. The van der Waals surface area contributed by atoms with Crippen LogP contribution in [0.2, 0.25) is 19.6 Å². The van der Waals surface area contributed by atoms with Gasteiger partial charge in [0.1, 0.15) is 12.7 Å². The topological polar surface area (TPSA) is 30.8 Å². The summed E-state index contributed by atoms with van der Waals surface area (Å²) < 4.78 is 6.89. The molecule has 0 aliphatic heterocycles. The van der Waals surface area contributed by atoms with Crippen molar-refractivity contribution in [2.45, 2.75) is 90.0 Å². The quantitative estimate of drug-likeness (QED) is 0.313. The molecule has 0 radical (unpaired) electrons. The zero-order valence-corrected chi connectivity index (χ0v) is 20.1. The summed E-state index contributed by atoms with van der Waals surface area (Å²) in [5, 5.41) is 4.23. The van der Waals surface area contributed by atoms with Gasteiger partial charge >= 0.3 is 0 Å². The Balaban J connectivity index is 1.63. The van der Waals surface area contributed by atoms with Crippen LogP contribution >= 0.6 is 0 Å². The third kappa shape index (κ3) is 3.33. The summed E-state index contributed by atoms with van der Waals surface area (Å²) in [6.45, 7) is 9.27. The van der Waals surface area contributed by atoms with Gasteiger partial charge in [0.25, 0.3) is 0 Å². The van der Waals surface area contributed by atoms with Crippen LogP contribution in [0.15, 0.2) is 16.8 Å². The van der Waals surface area contributed by atoms with Crippen molar-refractivity contribution in [2.24, 2.45) is 34.2 Å². The largest absolute Gasteiger partial charge is 0.401 e. The van der Waals surface area contributed by atoms with Crippen molar-refractivity contribution in [2.75, 3.05) is 7.11 Å². The lowest BCUT2D eigenvalue weighted by molar-refractivity contribution is -0.0905. The molecule has 29 heavy (non-hydrogen) atoms. The summed E-state index contributed by atoms with van der Waals surface area (Å²) in [4.78, 5) is 5.04. The molecule has 0 unspecified atom stereocenters. The average molecular weight is 414 g/mol. The van der Waals surface area contributed by atoms with E-state index in [1.54, 1.807) is 12.7 Å². The molecule has 0 aromatic carbocycles. The van der Waals surface area contributed by atoms with Gasteiger partial charge in [-0.1, -0.05) is 23.6 Å². The second-order valence-corrected chi connectivity index (χ2v) is 15.3. The Bertz CT molecular complexity index is 745. The molecule has 3 fully saturated rings. The van der Waals surface area contributed by atoms with E-state index in [0.717, 1.165) is 48.6 Å². The summed E-state index contributed by atoms with van der Waals surface area (Å²) in [7, 11) is -0.0659. The van der Waals surface area contributed by atoms with Crippen LogP contribution < -0.4 is 0 Å². The second-order valence-electron chi connectivity index (χ2n) is 10.9. The highest BCUT2D eigenvalue weighted by Gasteiger charge is 2.65. The molecule has 0 amide bonds. The summed E-state index contributed by atoms with van der Waals surface area (Å²) in [5.41, 5.74) is 2.62. The maximum Gasteiger partial charge on any atom is 0.185 e. The van der Waals surface area contributed by atoms with Gasteiger partial charge in [0.15, 0.2) is 8.32 Å². The number of oxime groups is 1. The van der Waals surface area contributed by atoms with Crippen LogP contribution in [0.5, 0.6) is 0 Å². The smallest absolute Gasteiger partial charge is 0.185 e. The number of hydrogen-bond donors (Lipinski definition) is 0. The molecule has 4 rings (SSSR count). The number of nitrogens with zero attached hydrogens (tertiary/aromatic N) is 1. The Labute approximate surface area is 178 Å². The molecule has 6 atom stereocenters. The van der Waals surface area contributed by atoms with Gasteiger partial charge in [-0.2, -0.15) is 0 Å². The molecule has 0 heterocycles. The highest BCUT2D eigenvalue weighted by molar-refractivity contribution is 6.69. The lowest BCUT2D eigenvalue weighted by Gasteiger charge is -2.57. The predicted molar refractivity (Wildman–Crippen MR) is 122 cm³/mol. The van der Waals surface area contributed by atoms with E-state index in [0.29, 0.717) is 0 Å². The van der Waals surface area contributed by atoms with Crippen LogP contribution in [0, 0.1) is 41.4 Å². The van der Waals surface area contributed by atoms with E-state index < -0.39 is 8.32 Å². The number of rotatable bonds is 4. The predicted octanol–water partition coefficient (Wildman–Crippen LogP) is 6.18. The molecule has 0 spiro atoms. The third-order valence-electron chi connectivity index (χ3n) is 8.69. The van der Waals surface area contributed by atoms with E-state index in [-0.39, 0.29) is 11.0 Å². The third-order valence-corrected chi connectivity index (χ3v) is 9.65. The van der Waals surface area contributed by atoms with E-state index in [2.05, 4.69) is 43.7 Å². The molecule has 0 aromatic heterocycles. The summed E-state index contributed by atoms with van der Waals surface area (Å²) in [6.07, 6.45) is 19.5. The molecule has 0 aromatic rings. The number of hydrogen-bond acceptors (Lipinski definition) is 3. The normalized spacial score (nSPS) is 43.0. The van der Waals surface area contributed by atoms with Gasteiger partial charge in [-0.05, 0) is 107 Å². The molecule has 4 aliphatic rings. The maximum absolute atomic E-state index is 6.89. The fourth-order valence-corrected chi connectivity index (χ4v) is 9.25. The molecule has 4 heteroatoms. The minimum Gasteiger partial charge on any atom is -0.401 e. The van der Waals surface area contributed by atoms with Crippen LogP contribution in [-0.2, 0) is 9.26 Å². The van der Waals surface area contributed by atoms with E-state index in [1.807, 2.05) is 0 Å². The van der Waals surface area contributed by atoms with E-state index in [4.69, 9.17) is 15.7 Å². The Morgan fingerprint density at radius 1 is 1.14 bits per heavy atom. The molecule has 0 bridgehead atoms. The van der Waals surface area contributed by atoms with Crippen molar-refractivity contribution in [3.05, 3.63) is 11.6 Å². The van der Waals surface area contributed by atoms with Gasteiger partial charge < -0.3 is 9.26 Å². The Kier molecular flexibility index (Phi) is 5.53. The lowest BCUT2D eigenvalue weighted by atomic mass is 9.49. The van der Waals surface area contributed by atoms with E-state index in [9.17, 15) is 0 Å². The monoisotopic (exact) mass is 413 g/mol. The maximum atomic E-state index is 6.89. The van der Waals surface area contributed by atoms with E-state index in [1.165, 1.54) is 38.5 Å². The van der Waals surface area contributed by atoms with Crippen molar-refractivity contribution in [3.63, 3.8) is 0 Å². The first-order valence-corrected chi connectivity index (χ1v) is 15.2. The molecule has 0 N–H and O–H groups in total. The van der Waals surface area contributed by atoms with Crippen molar-refractivity contribution in [1.29, 1.82) is 0 Å². The number of allylic oxidation sites excluding steroid dienone is 2. The standard InChI is InChI=1S/C25H39NO2Si/c1-7-24-15-13-21-20-12-10-19(26-27-3)17-18(20)9-11-22(21)23(24)14-16-25(24,8-2)28-29(4,5)6/h2,17,20-23H,7,9-16H2,1,3-6H3/b26-19+/t20-,21+,22+,23-,24-,25+/m0/s1. The molecule has 4 aliphatic carbocycles. The van der Waals surface area contributed by atoms with Crippen LogP contribution in [0.25, 0.3) is 0 Å². The van der Waals surface area contributed by atoms with Crippen LogP contribution in [-0.4, -0.2) is 26.7 Å². The molecule has 0 saturated heterocycles. The SMILES string of the molecule is C#C[C@@]1(O[Si](C)(C)C)CC[C@H]2[C@@H]3CCC4=C/C(=N/OC)CC[C@@H]4[C@H]3CC[C@@]21CC. The van der Waals surface area contributed by atoms with Crippen LogP contribution in [0.1, 0.15) is 64.7 Å². The Hall–Kier alpha value is -1.05. The first-order chi connectivity index (χ1) is 13.8. The van der Waals surface area contributed by atoms with Gasteiger partial charge in [0.2, 0.25) is 0 Å². The zero-order valence-electron chi connectivity index (χ0n) is 19.1. The average Bonchev–Trinajstić information content (AvgIpc) is 3.01. The zero-order chi connectivity index (χ0) is 20.9. The Morgan fingerprint density at radius 2 is 1.93 bits per heavy atom. The molecule has 3 nitrogen and oxygen atoms in total. The molecular weight excluding hydrogens is 374 g/mol. The van der Waals surface area contributed by atoms with Gasteiger partial charge in [0.05, 0.1) is 5.71 Å². The molecular formula is C25H39NO2Si. The summed E-state index contributed by atoms with van der Waals surface area (Å²) in [6, 6.07) is 0. The molecule has 3 saturated carbocycles. The number of fused-ring (bicyclic) bond motifs is 5. The fraction of sp³-hybridized carbons (Fsp3) is 0.800. The van der Waals surface area contributed by atoms with Crippen molar-refractivity contribution in [1.82, 2.24) is 0 Å². The van der Waals surface area contributed by atoms with Gasteiger partial charge in [0, 0.05) is 5.41 Å². The van der Waals surface area contributed by atoms with E-state index >= 15 is 0 Å². The van der Waals surface area contributed by atoms with Crippen molar-refractivity contribution < 1.29 is 9.26 Å². The minimum atomic E-state index is -1.72. The Morgan fingerprint density at radius 3 is 2.59 bits per heavy atom. The minimum absolute atomic E-state index is 0.182. The highest BCUT2D eigenvalue weighted by Crippen LogP contribution is 2.67. The van der Waals surface area contributed by atoms with Gasteiger partial charge in [-0.15, -0.1) is 6.42 Å². The van der Waals surface area contributed by atoms with Crippen molar-refractivity contribution >= 4 is 14.0 Å². The van der Waals surface area contributed by atoms with Gasteiger partial charge in [-0.25, -0.2) is 0 Å². The second kappa shape index (κ2) is 7.57. The number of terminal acetylenes is 1. The van der Waals surface area contributed by atoms with Crippen LogP contribution in [0.3, 0.4) is 0 Å². The first kappa shape index (κ1) is 21.2. The molecule has 160 valence electrons. The lowest BCUT2D eigenvalue weighted by Crippen LogP contribution is -2.57. The summed E-state index contributed by atoms with van der Waals surface area (Å²) >= 11 is 0. The van der Waals surface area contributed by atoms with Gasteiger partial charge in [-0.3, -0.25) is 0 Å². The van der Waals surface area contributed by atoms with Crippen molar-refractivity contribution in [3.8, 4) is 12.3 Å². The summed E-state index contributed by atoms with van der Waals surface area (Å²) in [5.74, 6) is 6.38. The first-order valence-electron chi connectivity index (χ1n) is 11.8. The van der Waals surface area contributed by atoms with Crippen LogP contribution in [0.4, 0.5) is 0 Å².